The molecule has 2 aromatic carbocycles. The highest BCUT2D eigenvalue weighted by molar-refractivity contribution is 7.83. The van der Waals surface area contributed by atoms with Crippen LogP contribution in [-0.4, -0.2) is 34.1 Å². The first-order valence-corrected chi connectivity index (χ1v) is 10.5. The summed E-state index contributed by atoms with van der Waals surface area (Å²) in [5.41, 5.74) is 3.89. The van der Waals surface area contributed by atoms with Gasteiger partial charge in [0.2, 0.25) is 0 Å². The fourth-order valence-electron chi connectivity index (χ4n) is 3.29. The summed E-state index contributed by atoms with van der Waals surface area (Å²) < 4.78 is 24.3. The summed E-state index contributed by atoms with van der Waals surface area (Å²) in [7, 11) is 2.05. The lowest BCUT2D eigenvalue weighted by molar-refractivity contribution is 0.102. The molecule has 7 nitrogen and oxygen atoms in total. The SMILES string of the molecule is COc1ccc(C(=O)Nc2c3c(nn2-c2ccc(C)cc2)CS(=O)C3)c(OC)c1. The van der Waals surface area contributed by atoms with Crippen molar-refractivity contribution in [2.24, 2.45) is 0 Å². The molecule has 1 atom stereocenters. The molecule has 2 heterocycles. The van der Waals surface area contributed by atoms with Gasteiger partial charge in [0, 0.05) is 22.4 Å². The molecular weight excluding hydrogens is 390 g/mol. The average Bonchev–Trinajstić information content (AvgIpc) is 3.24. The van der Waals surface area contributed by atoms with E-state index in [1.807, 2.05) is 31.2 Å². The van der Waals surface area contributed by atoms with E-state index in [2.05, 4.69) is 10.4 Å². The maximum atomic E-state index is 13.1. The molecule has 0 aliphatic carbocycles. The number of rotatable bonds is 5. The lowest BCUT2D eigenvalue weighted by atomic mass is 10.1. The van der Waals surface area contributed by atoms with Crippen LogP contribution >= 0.6 is 0 Å². The largest absolute Gasteiger partial charge is 0.497 e. The zero-order valence-corrected chi connectivity index (χ0v) is 17.2. The van der Waals surface area contributed by atoms with Gasteiger partial charge in [0.1, 0.15) is 17.3 Å². The predicted molar refractivity (Wildman–Crippen MR) is 111 cm³/mol. The van der Waals surface area contributed by atoms with Gasteiger partial charge in [0.05, 0.1) is 42.7 Å². The summed E-state index contributed by atoms with van der Waals surface area (Å²) in [5, 5.41) is 7.57. The quantitative estimate of drug-likeness (QED) is 0.697. The van der Waals surface area contributed by atoms with E-state index in [9.17, 15) is 9.00 Å². The summed E-state index contributed by atoms with van der Waals surface area (Å²) in [5.74, 6) is 1.97. The topological polar surface area (TPSA) is 82.5 Å². The van der Waals surface area contributed by atoms with Gasteiger partial charge in [-0.05, 0) is 31.2 Å². The molecule has 0 fully saturated rings. The van der Waals surface area contributed by atoms with Crippen molar-refractivity contribution in [3.8, 4) is 17.2 Å². The van der Waals surface area contributed by atoms with Crippen molar-refractivity contribution in [3.63, 3.8) is 0 Å². The van der Waals surface area contributed by atoms with Crippen LogP contribution in [0.2, 0.25) is 0 Å². The molecule has 3 aromatic rings. The fraction of sp³-hybridized carbons (Fsp3) is 0.238. The number of hydrogen-bond acceptors (Lipinski definition) is 5. The number of aromatic nitrogens is 2. The number of nitrogens with one attached hydrogen (secondary N) is 1. The molecule has 0 radical (unpaired) electrons. The van der Waals surface area contributed by atoms with Crippen molar-refractivity contribution < 1.29 is 18.5 Å². The van der Waals surface area contributed by atoms with Crippen LogP contribution in [0.15, 0.2) is 42.5 Å². The zero-order chi connectivity index (χ0) is 20.5. The van der Waals surface area contributed by atoms with E-state index in [0.717, 1.165) is 22.5 Å². The molecule has 1 unspecified atom stereocenters. The van der Waals surface area contributed by atoms with Gasteiger partial charge in [0.15, 0.2) is 0 Å². The van der Waals surface area contributed by atoms with E-state index in [1.165, 1.54) is 7.11 Å². The molecule has 1 N–H and O–H groups in total. The van der Waals surface area contributed by atoms with Gasteiger partial charge in [-0.1, -0.05) is 17.7 Å². The van der Waals surface area contributed by atoms with Gasteiger partial charge < -0.3 is 14.8 Å². The summed E-state index contributed by atoms with van der Waals surface area (Å²) in [6.45, 7) is 2.01. The molecule has 0 saturated carbocycles. The number of fused-ring (bicyclic) bond motifs is 1. The normalized spacial score (nSPS) is 15.1. The Labute approximate surface area is 171 Å². The van der Waals surface area contributed by atoms with Crippen molar-refractivity contribution in [2.45, 2.75) is 18.4 Å². The standard InChI is InChI=1S/C21H21N3O4S/c1-13-4-6-14(7-5-13)24-20(17-11-29(26)12-18(17)23-24)22-21(25)16-9-8-15(27-2)10-19(16)28-3/h4-10H,11-12H2,1-3H3,(H,22,25). The molecule has 1 aromatic heterocycles. The first kappa shape index (κ1) is 19.2. The van der Waals surface area contributed by atoms with E-state index in [0.29, 0.717) is 34.4 Å². The van der Waals surface area contributed by atoms with Crippen LogP contribution in [0.25, 0.3) is 5.69 Å². The molecule has 1 amide bonds. The number of carbonyl (C=O) groups is 1. The van der Waals surface area contributed by atoms with Crippen LogP contribution in [0.5, 0.6) is 11.5 Å². The highest BCUT2D eigenvalue weighted by atomic mass is 32.2. The Morgan fingerprint density at radius 3 is 2.55 bits per heavy atom. The molecule has 1 aliphatic heterocycles. The van der Waals surface area contributed by atoms with Crippen LogP contribution in [0.4, 0.5) is 5.82 Å². The third-order valence-corrected chi connectivity index (χ3v) is 6.04. The number of anilines is 1. The Morgan fingerprint density at radius 1 is 1.10 bits per heavy atom. The second-order valence-electron chi connectivity index (χ2n) is 6.77. The van der Waals surface area contributed by atoms with E-state index >= 15 is 0 Å². The molecule has 1 aliphatic rings. The molecule has 8 heteroatoms. The van der Waals surface area contributed by atoms with Crippen LogP contribution in [0.3, 0.4) is 0 Å². The number of methoxy groups -OCH3 is 2. The molecule has 0 saturated heterocycles. The van der Waals surface area contributed by atoms with Crippen molar-refractivity contribution in [2.75, 3.05) is 19.5 Å². The van der Waals surface area contributed by atoms with Gasteiger partial charge in [-0.15, -0.1) is 0 Å². The second-order valence-corrected chi connectivity index (χ2v) is 8.23. The highest BCUT2D eigenvalue weighted by Crippen LogP contribution is 2.32. The number of nitrogens with zero attached hydrogens (tertiary/aromatic N) is 2. The first-order chi connectivity index (χ1) is 14.0. The van der Waals surface area contributed by atoms with Crippen molar-refractivity contribution in [1.29, 1.82) is 0 Å². The molecule has 29 heavy (non-hydrogen) atoms. The van der Waals surface area contributed by atoms with Crippen LogP contribution < -0.4 is 14.8 Å². The number of ether oxygens (including phenoxy) is 2. The van der Waals surface area contributed by atoms with E-state index < -0.39 is 10.8 Å². The zero-order valence-electron chi connectivity index (χ0n) is 16.4. The molecule has 150 valence electrons. The third-order valence-electron chi connectivity index (χ3n) is 4.83. The Bertz CT molecular complexity index is 1110. The Morgan fingerprint density at radius 2 is 1.86 bits per heavy atom. The highest BCUT2D eigenvalue weighted by Gasteiger charge is 2.29. The molecular formula is C21H21N3O4S. The van der Waals surface area contributed by atoms with Crippen molar-refractivity contribution in [1.82, 2.24) is 9.78 Å². The summed E-state index contributed by atoms with van der Waals surface area (Å²) in [6.07, 6.45) is 0. The monoisotopic (exact) mass is 411 g/mol. The minimum atomic E-state index is -1.00. The summed E-state index contributed by atoms with van der Waals surface area (Å²) >= 11 is 0. The summed E-state index contributed by atoms with van der Waals surface area (Å²) in [4.78, 5) is 13.1. The molecule has 0 spiro atoms. The number of aryl methyl sites for hydroxylation is 1. The number of benzene rings is 2. The molecule has 0 bridgehead atoms. The van der Waals surface area contributed by atoms with Gasteiger partial charge in [-0.25, -0.2) is 4.68 Å². The third kappa shape index (κ3) is 3.63. The fourth-order valence-corrected chi connectivity index (χ4v) is 4.55. The van der Waals surface area contributed by atoms with E-state index in [-0.39, 0.29) is 5.91 Å². The lowest BCUT2D eigenvalue weighted by Gasteiger charge is -2.13. The Balaban J connectivity index is 1.74. The van der Waals surface area contributed by atoms with Gasteiger partial charge >= 0.3 is 0 Å². The van der Waals surface area contributed by atoms with E-state index in [4.69, 9.17) is 9.47 Å². The number of amides is 1. The maximum absolute atomic E-state index is 13.1. The maximum Gasteiger partial charge on any atom is 0.260 e. The van der Waals surface area contributed by atoms with Crippen LogP contribution in [0.1, 0.15) is 27.2 Å². The van der Waals surface area contributed by atoms with Crippen molar-refractivity contribution in [3.05, 3.63) is 64.8 Å². The number of hydrogen-bond donors (Lipinski definition) is 1. The lowest BCUT2D eigenvalue weighted by Crippen LogP contribution is -2.17. The number of carbonyl (C=O) groups excluding carboxylic acids is 1. The van der Waals surface area contributed by atoms with Gasteiger partial charge in [0.25, 0.3) is 5.91 Å². The molecule has 4 rings (SSSR count). The smallest absolute Gasteiger partial charge is 0.260 e. The second kappa shape index (κ2) is 7.71. The predicted octanol–water partition coefficient (Wildman–Crippen LogP) is 3.21. The Hall–Kier alpha value is -3.13. The van der Waals surface area contributed by atoms with Gasteiger partial charge in [-0.3, -0.25) is 9.00 Å². The average molecular weight is 411 g/mol. The Kier molecular flexibility index (Phi) is 5.10. The van der Waals surface area contributed by atoms with Crippen LogP contribution in [0, 0.1) is 6.92 Å². The van der Waals surface area contributed by atoms with Crippen LogP contribution in [-0.2, 0) is 22.3 Å². The van der Waals surface area contributed by atoms with Gasteiger partial charge in [-0.2, -0.15) is 5.10 Å². The van der Waals surface area contributed by atoms with Crippen molar-refractivity contribution >= 4 is 22.5 Å². The summed E-state index contributed by atoms with van der Waals surface area (Å²) in [6, 6.07) is 12.9. The van der Waals surface area contributed by atoms with E-state index in [1.54, 1.807) is 30.0 Å². The first-order valence-electron chi connectivity index (χ1n) is 9.06. The minimum absolute atomic E-state index is 0.335. The minimum Gasteiger partial charge on any atom is -0.497 e.